The van der Waals surface area contributed by atoms with Crippen LogP contribution in [-0.4, -0.2) is 47.8 Å². The number of likely N-dealkylation sites (N-methyl/N-ethyl adjacent to an activating group) is 1. The summed E-state index contributed by atoms with van der Waals surface area (Å²) in [4.78, 5) is 19.0. The third-order valence-electron chi connectivity index (χ3n) is 4.65. The van der Waals surface area contributed by atoms with E-state index in [4.69, 9.17) is 28.6 Å². The maximum atomic E-state index is 12.7. The van der Waals surface area contributed by atoms with Crippen molar-refractivity contribution in [1.29, 1.82) is 5.41 Å². The highest BCUT2D eigenvalue weighted by molar-refractivity contribution is 6.30. The molecule has 2 rings (SSSR count). The van der Waals surface area contributed by atoms with E-state index in [1.165, 1.54) is 0 Å². The van der Waals surface area contributed by atoms with E-state index in [1.54, 1.807) is 49.2 Å². The first-order chi connectivity index (χ1) is 14.6. The summed E-state index contributed by atoms with van der Waals surface area (Å²) in [5, 5.41) is 15.9. The third kappa shape index (κ3) is 5.92. The molecular weight excluding hydrogens is 437 g/mol. The molecule has 8 nitrogen and oxygen atoms in total. The second kappa shape index (κ2) is 10.5. The third-order valence-corrected chi connectivity index (χ3v) is 5.45. The van der Waals surface area contributed by atoms with Crippen molar-refractivity contribution in [1.82, 2.24) is 20.6 Å². The number of hydrazine groups is 1. The average Bonchev–Trinajstić information content (AvgIpc) is 2.70. The molecule has 0 saturated carbocycles. The number of hydrogen-bond acceptors (Lipinski definition) is 6. The van der Waals surface area contributed by atoms with Crippen LogP contribution in [0.15, 0.2) is 41.7 Å². The highest BCUT2D eigenvalue weighted by Crippen LogP contribution is 2.29. The number of aromatic nitrogens is 1. The molecule has 1 atom stereocenters. The van der Waals surface area contributed by atoms with Crippen LogP contribution in [0.4, 0.5) is 16.4 Å². The Hall–Kier alpha value is -2.71. The second-order valence-corrected chi connectivity index (χ2v) is 8.20. The smallest absolute Gasteiger partial charge is 0.338 e. The zero-order valence-corrected chi connectivity index (χ0v) is 19.9. The van der Waals surface area contributed by atoms with Gasteiger partial charge in [-0.3, -0.25) is 5.01 Å². The van der Waals surface area contributed by atoms with Gasteiger partial charge in [0.15, 0.2) is 0 Å². The number of nitrogens with one attached hydrogen (secondary N) is 4. The predicted octanol–water partition coefficient (Wildman–Crippen LogP) is 4.32. The summed E-state index contributed by atoms with van der Waals surface area (Å²) < 4.78 is 0. The lowest BCUT2D eigenvalue weighted by molar-refractivity contribution is 0.242. The van der Waals surface area contributed by atoms with Gasteiger partial charge in [0.05, 0.1) is 6.54 Å². The summed E-state index contributed by atoms with van der Waals surface area (Å²) >= 11 is 12.4. The molecule has 1 aliphatic heterocycles. The Morgan fingerprint density at radius 2 is 2.16 bits per heavy atom. The van der Waals surface area contributed by atoms with E-state index in [2.05, 4.69) is 27.6 Å². The Morgan fingerprint density at radius 3 is 2.68 bits per heavy atom. The molecule has 2 heterocycles. The van der Waals surface area contributed by atoms with Crippen molar-refractivity contribution in [3.8, 4) is 0 Å². The van der Waals surface area contributed by atoms with Gasteiger partial charge < -0.3 is 20.9 Å². The molecule has 0 fully saturated rings. The number of pyridine rings is 1. The van der Waals surface area contributed by atoms with E-state index in [0.29, 0.717) is 34.7 Å². The standard InChI is InChI=1S/C21H29Cl2N7O/c1-7-8-30(28-21(31)26-14-9-16(22)29(6)17(23)10-14)18-11-15(12(2)3)19(13(4)24)20(25-5)27-18/h7,9-12,16,24H,1,8H2,2-6H3,(H,25,27)(H2,26,28,31). The molecule has 0 aliphatic carbocycles. The van der Waals surface area contributed by atoms with Crippen molar-refractivity contribution in [2.75, 3.05) is 31.0 Å². The zero-order chi connectivity index (χ0) is 23.3. The van der Waals surface area contributed by atoms with Crippen molar-refractivity contribution in [2.24, 2.45) is 0 Å². The van der Waals surface area contributed by atoms with Crippen molar-refractivity contribution in [3.63, 3.8) is 0 Å². The number of carbonyl (C=O) groups is 1. The van der Waals surface area contributed by atoms with Gasteiger partial charge in [-0.15, -0.1) is 6.58 Å². The van der Waals surface area contributed by atoms with Crippen LogP contribution in [0.5, 0.6) is 0 Å². The number of alkyl halides is 1. The van der Waals surface area contributed by atoms with Crippen LogP contribution in [0.1, 0.15) is 37.8 Å². The fourth-order valence-corrected chi connectivity index (χ4v) is 3.57. The van der Waals surface area contributed by atoms with Crippen molar-refractivity contribution in [3.05, 3.63) is 52.9 Å². The predicted molar refractivity (Wildman–Crippen MR) is 129 cm³/mol. The van der Waals surface area contributed by atoms with Crippen LogP contribution < -0.4 is 21.1 Å². The van der Waals surface area contributed by atoms with E-state index in [0.717, 1.165) is 11.1 Å². The molecule has 0 aromatic carbocycles. The number of carbonyl (C=O) groups excluding carboxylic acids is 1. The van der Waals surface area contributed by atoms with Gasteiger partial charge in [0.25, 0.3) is 0 Å². The van der Waals surface area contributed by atoms with Crippen molar-refractivity contribution in [2.45, 2.75) is 32.2 Å². The minimum atomic E-state index is -0.478. The van der Waals surface area contributed by atoms with Gasteiger partial charge in [0.1, 0.15) is 22.3 Å². The van der Waals surface area contributed by atoms with Crippen LogP contribution in [0.3, 0.4) is 0 Å². The molecule has 0 saturated heterocycles. The molecule has 168 valence electrons. The van der Waals surface area contributed by atoms with E-state index < -0.39 is 11.5 Å². The first kappa shape index (κ1) is 24.6. The number of rotatable bonds is 8. The Bertz CT molecular complexity index is 927. The molecule has 1 unspecified atom stereocenters. The first-order valence-corrected chi connectivity index (χ1v) is 10.6. The summed E-state index contributed by atoms with van der Waals surface area (Å²) in [6.07, 6.45) is 4.96. The Balaban J connectivity index is 2.33. The number of nitrogens with zero attached hydrogens (tertiary/aromatic N) is 3. The van der Waals surface area contributed by atoms with Crippen molar-refractivity contribution < 1.29 is 4.79 Å². The molecule has 0 spiro atoms. The minimum absolute atomic E-state index is 0.154. The molecule has 2 amide bonds. The Labute approximate surface area is 193 Å². The van der Waals surface area contributed by atoms with Gasteiger partial charge in [0, 0.05) is 31.1 Å². The zero-order valence-electron chi connectivity index (χ0n) is 18.4. The maximum absolute atomic E-state index is 12.7. The van der Waals surface area contributed by atoms with E-state index in [9.17, 15) is 4.79 Å². The number of allylic oxidation sites excluding steroid dienone is 1. The molecular formula is C21H29Cl2N7O. The second-order valence-electron chi connectivity index (χ2n) is 7.36. The number of urea groups is 1. The Kier molecular flexibility index (Phi) is 8.36. The lowest BCUT2D eigenvalue weighted by Crippen LogP contribution is -2.48. The molecule has 0 bridgehead atoms. The van der Waals surface area contributed by atoms with E-state index in [1.807, 2.05) is 19.9 Å². The lowest BCUT2D eigenvalue weighted by Gasteiger charge is -2.28. The maximum Gasteiger partial charge on any atom is 0.338 e. The van der Waals surface area contributed by atoms with Crippen LogP contribution in [0.25, 0.3) is 0 Å². The highest BCUT2D eigenvalue weighted by atomic mass is 35.5. The number of anilines is 2. The van der Waals surface area contributed by atoms with Gasteiger partial charge in [-0.2, -0.15) is 0 Å². The molecule has 1 aromatic rings. The van der Waals surface area contributed by atoms with Crippen molar-refractivity contribution >= 4 is 46.6 Å². The summed E-state index contributed by atoms with van der Waals surface area (Å²) in [6, 6.07) is 1.40. The Morgan fingerprint density at radius 1 is 1.48 bits per heavy atom. The molecule has 1 aliphatic rings. The molecule has 1 aromatic heterocycles. The molecule has 0 radical (unpaired) electrons. The van der Waals surface area contributed by atoms with Crippen LogP contribution in [-0.2, 0) is 0 Å². The largest absolute Gasteiger partial charge is 0.373 e. The summed E-state index contributed by atoms with van der Waals surface area (Å²) in [7, 11) is 3.51. The van der Waals surface area contributed by atoms with Gasteiger partial charge in [-0.25, -0.2) is 15.2 Å². The van der Waals surface area contributed by atoms with Gasteiger partial charge in [-0.1, -0.05) is 43.1 Å². The fraction of sp³-hybridized carbons (Fsp3) is 0.381. The first-order valence-electron chi connectivity index (χ1n) is 9.79. The summed E-state index contributed by atoms with van der Waals surface area (Å²) in [5.74, 6) is 1.25. The monoisotopic (exact) mass is 465 g/mol. The summed E-state index contributed by atoms with van der Waals surface area (Å²) in [5.41, 5.74) is 4.93. The quantitative estimate of drug-likeness (QED) is 0.151. The van der Waals surface area contributed by atoms with Gasteiger partial charge in [-0.05, 0) is 36.6 Å². The molecule has 10 heteroatoms. The van der Waals surface area contributed by atoms with Gasteiger partial charge >= 0.3 is 6.03 Å². The molecule has 31 heavy (non-hydrogen) atoms. The summed E-state index contributed by atoms with van der Waals surface area (Å²) in [6.45, 7) is 9.92. The van der Waals surface area contributed by atoms with E-state index in [-0.39, 0.29) is 5.92 Å². The minimum Gasteiger partial charge on any atom is -0.373 e. The van der Waals surface area contributed by atoms with Crippen LogP contribution >= 0.6 is 23.2 Å². The SMILES string of the molecule is C=CCN(NC(=O)NC1=CC(Cl)N(C)C(Cl)=C1)c1cc(C(C)C)c(C(C)=N)c(NC)n1. The lowest BCUT2D eigenvalue weighted by atomic mass is 9.95. The highest BCUT2D eigenvalue weighted by Gasteiger charge is 2.21. The number of hydrogen-bond donors (Lipinski definition) is 4. The van der Waals surface area contributed by atoms with Gasteiger partial charge in [0.2, 0.25) is 0 Å². The van der Waals surface area contributed by atoms with E-state index >= 15 is 0 Å². The van der Waals surface area contributed by atoms with Crippen LogP contribution in [0.2, 0.25) is 0 Å². The normalized spacial score (nSPS) is 15.7. The molecule has 4 N–H and O–H groups in total. The number of halogens is 2. The topological polar surface area (TPSA) is 96.4 Å². The number of amides is 2. The van der Waals surface area contributed by atoms with Crippen LogP contribution in [0, 0.1) is 5.41 Å². The fourth-order valence-electron chi connectivity index (χ4n) is 3.06. The average molecular weight is 466 g/mol.